The second kappa shape index (κ2) is 5.29. The van der Waals surface area contributed by atoms with Gasteiger partial charge < -0.3 is 10.8 Å². The summed E-state index contributed by atoms with van der Waals surface area (Å²) in [5.74, 6) is 0. The van der Waals surface area contributed by atoms with Crippen LogP contribution in [0.15, 0.2) is 41.3 Å². The molecule has 6 heteroatoms. The number of hydrogen-bond acceptors (Lipinski definition) is 4. The van der Waals surface area contributed by atoms with Gasteiger partial charge in [0.15, 0.2) is 0 Å². The number of fused-ring (bicyclic) bond motifs is 1. The third kappa shape index (κ3) is 2.62. The maximum Gasteiger partial charge on any atom is 0.244 e. The van der Waals surface area contributed by atoms with Crippen LogP contribution in [0.3, 0.4) is 0 Å². The van der Waals surface area contributed by atoms with Gasteiger partial charge in [-0.2, -0.15) is 4.31 Å². The van der Waals surface area contributed by atoms with E-state index >= 15 is 0 Å². The monoisotopic (exact) mass is 306 g/mol. The number of benzene rings is 2. The van der Waals surface area contributed by atoms with Crippen molar-refractivity contribution in [2.45, 2.75) is 23.8 Å². The van der Waals surface area contributed by atoms with Gasteiger partial charge in [-0.25, -0.2) is 8.42 Å². The molecular weight excluding hydrogens is 288 g/mol. The van der Waals surface area contributed by atoms with Gasteiger partial charge in [0.25, 0.3) is 0 Å². The van der Waals surface area contributed by atoms with E-state index in [0.717, 1.165) is 18.2 Å². The molecule has 21 heavy (non-hydrogen) atoms. The number of hydrogen-bond donors (Lipinski definition) is 2. The Bertz CT molecular complexity index is 770. The Kier molecular flexibility index (Phi) is 3.61. The largest absolute Gasteiger partial charge is 0.399 e. The number of sulfonamides is 1. The molecule has 5 nitrogen and oxygen atoms in total. The highest BCUT2D eigenvalue weighted by atomic mass is 32.2. The van der Waals surface area contributed by atoms with Gasteiger partial charge in [0, 0.05) is 23.7 Å². The molecule has 0 aromatic heterocycles. The first-order valence-corrected chi connectivity index (χ1v) is 8.39. The zero-order valence-corrected chi connectivity index (χ0v) is 12.4. The summed E-state index contributed by atoms with van der Waals surface area (Å²) in [7, 11) is -3.61. The molecule has 0 atom stereocenters. The molecule has 0 radical (unpaired) electrons. The molecular formula is C15H18N2O3S. The lowest BCUT2D eigenvalue weighted by Crippen LogP contribution is -2.35. The van der Waals surface area contributed by atoms with Crippen LogP contribution in [0.4, 0.5) is 5.69 Å². The van der Waals surface area contributed by atoms with E-state index in [1.165, 1.54) is 4.31 Å². The van der Waals surface area contributed by atoms with Gasteiger partial charge in [0.2, 0.25) is 10.0 Å². The molecule has 2 aromatic rings. The van der Waals surface area contributed by atoms with Crippen molar-refractivity contribution in [3.8, 4) is 0 Å². The maximum absolute atomic E-state index is 12.9. The summed E-state index contributed by atoms with van der Waals surface area (Å²) in [6.45, 7) is -0.0359. The number of aliphatic hydroxyl groups excluding tert-OH is 1. The first-order valence-electron chi connectivity index (χ1n) is 6.95. The summed E-state index contributed by atoms with van der Waals surface area (Å²) < 4.78 is 27.2. The molecule has 0 heterocycles. The number of rotatable bonds is 5. The van der Waals surface area contributed by atoms with E-state index in [2.05, 4.69) is 0 Å². The summed E-state index contributed by atoms with van der Waals surface area (Å²) in [4.78, 5) is 0.278. The fourth-order valence-electron chi connectivity index (χ4n) is 2.58. The number of nitrogens with zero attached hydrogens (tertiary/aromatic N) is 1. The number of nitrogen functional groups attached to an aromatic ring is 1. The zero-order chi connectivity index (χ0) is 15.0. The van der Waals surface area contributed by atoms with Crippen molar-refractivity contribution >= 4 is 26.5 Å². The lowest BCUT2D eigenvalue weighted by atomic mass is 10.1. The molecule has 1 aliphatic carbocycles. The molecule has 0 spiro atoms. The Hall–Kier alpha value is -1.63. The molecule has 3 rings (SSSR count). The van der Waals surface area contributed by atoms with Crippen LogP contribution in [0, 0.1) is 0 Å². The average molecular weight is 306 g/mol. The van der Waals surface area contributed by atoms with Crippen LogP contribution < -0.4 is 5.73 Å². The van der Waals surface area contributed by atoms with Crippen LogP contribution in [0.1, 0.15) is 12.8 Å². The Morgan fingerprint density at radius 2 is 2.00 bits per heavy atom. The van der Waals surface area contributed by atoms with Gasteiger partial charge in [-0.05, 0) is 36.4 Å². The molecule has 1 aliphatic rings. The topological polar surface area (TPSA) is 83.6 Å². The molecule has 1 fully saturated rings. The Balaban J connectivity index is 2.14. The lowest BCUT2D eigenvalue weighted by Gasteiger charge is -2.21. The number of anilines is 1. The minimum Gasteiger partial charge on any atom is -0.399 e. The Labute approximate surface area is 124 Å². The SMILES string of the molecule is Nc1ccc2c(S(=O)(=O)N(CCO)C3CC3)cccc2c1. The fourth-order valence-corrected chi connectivity index (χ4v) is 4.48. The van der Waals surface area contributed by atoms with Crippen molar-refractivity contribution in [3.63, 3.8) is 0 Å². The van der Waals surface area contributed by atoms with E-state index in [-0.39, 0.29) is 24.1 Å². The standard InChI is InChI=1S/C15H18N2O3S/c16-12-4-7-14-11(10-12)2-1-3-15(14)21(19,20)17(8-9-18)13-5-6-13/h1-4,7,10,13,18H,5-6,8-9,16H2. The summed E-state index contributed by atoms with van der Waals surface area (Å²) in [6, 6.07) is 10.4. The zero-order valence-electron chi connectivity index (χ0n) is 11.6. The van der Waals surface area contributed by atoms with Gasteiger partial charge in [-0.15, -0.1) is 0 Å². The highest BCUT2D eigenvalue weighted by Gasteiger charge is 2.38. The molecule has 3 N–H and O–H groups in total. The van der Waals surface area contributed by atoms with Gasteiger partial charge >= 0.3 is 0 Å². The van der Waals surface area contributed by atoms with Gasteiger partial charge in [-0.1, -0.05) is 18.2 Å². The van der Waals surface area contributed by atoms with Crippen molar-refractivity contribution in [1.82, 2.24) is 4.31 Å². The highest BCUT2D eigenvalue weighted by Crippen LogP contribution is 2.34. The quantitative estimate of drug-likeness (QED) is 0.821. The average Bonchev–Trinajstić information content (AvgIpc) is 3.28. The van der Waals surface area contributed by atoms with E-state index in [1.54, 1.807) is 30.3 Å². The highest BCUT2D eigenvalue weighted by molar-refractivity contribution is 7.89. The molecule has 0 saturated heterocycles. The molecule has 0 aliphatic heterocycles. The molecule has 2 aromatic carbocycles. The minimum absolute atomic E-state index is 0.0196. The second-order valence-electron chi connectivity index (χ2n) is 5.31. The van der Waals surface area contributed by atoms with Gasteiger partial charge in [0.1, 0.15) is 0 Å². The third-order valence-electron chi connectivity index (χ3n) is 3.73. The Morgan fingerprint density at radius 1 is 1.24 bits per heavy atom. The van der Waals surface area contributed by atoms with Crippen molar-refractivity contribution in [2.75, 3.05) is 18.9 Å². The van der Waals surface area contributed by atoms with E-state index in [1.807, 2.05) is 6.07 Å². The summed E-state index contributed by atoms with van der Waals surface area (Å²) >= 11 is 0. The van der Waals surface area contributed by atoms with Gasteiger partial charge in [0.05, 0.1) is 11.5 Å². The van der Waals surface area contributed by atoms with Crippen LogP contribution >= 0.6 is 0 Å². The molecule has 0 amide bonds. The van der Waals surface area contributed by atoms with E-state index < -0.39 is 10.0 Å². The van der Waals surface area contributed by atoms with Gasteiger partial charge in [-0.3, -0.25) is 0 Å². The van der Waals surface area contributed by atoms with Crippen LogP contribution in [-0.2, 0) is 10.0 Å². The van der Waals surface area contributed by atoms with Crippen LogP contribution in [0.25, 0.3) is 10.8 Å². The van der Waals surface area contributed by atoms with Crippen LogP contribution in [-0.4, -0.2) is 37.0 Å². The van der Waals surface area contributed by atoms with E-state index in [0.29, 0.717) is 11.1 Å². The van der Waals surface area contributed by atoms with Crippen molar-refractivity contribution < 1.29 is 13.5 Å². The number of nitrogens with two attached hydrogens (primary N) is 1. The summed E-state index contributed by atoms with van der Waals surface area (Å²) in [5, 5.41) is 10.6. The second-order valence-corrected chi connectivity index (χ2v) is 7.17. The third-order valence-corrected chi connectivity index (χ3v) is 5.74. The lowest BCUT2D eigenvalue weighted by molar-refractivity contribution is 0.250. The van der Waals surface area contributed by atoms with Crippen molar-refractivity contribution in [2.24, 2.45) is 0 Å². The number of aliphatic hydroxyl groups is 1. The van der Waals surface area contributed by atoms with Crippen molar-refractivity contribution in [1.29, 1.82) is 0 Å². The minimum atomic E-state index is -3.61. The van der Waals surface area contributed by atoms with E-state index in [4.69, 9.17) is 10.8 Å². The molecule has 0 bridgehead atoms. The fraction of sp³-hybridized carbons (Fsp3) is 0.333. The van der Waals surface area contributed by atoms with Crippen molar-refractivity contribution in [3.05, 3.63) is 36.4 Å². The first-order chi connectivity index (χ1) is 10.0. The Morgan fingerprint density at radius 3 is 2.67 bits per heavy atom. The predicted octanol–water partition coefficient (Wildman–Crippen LogP) is 1.57. The van der Waals surface area contributed by atoms with E-state index in [9.17, 15) is 8.42 Å². The normalized spacial score (nSPS) is 15.7. The smallest absolute Gasteiger partial charge is 0.244 e. The maximum atomic E-state index is 12.9. The molecule has 1 saturated carbocycles. The van der Waals surface area contributed by atoms with Crippen LogP contribution in [0.5, 0.6) is 0 Å². The predicted molar refractivity (Wildman–Crippen MR) is 82.4 cm³/mol. The molecule has 0 unspecified atom stereocenters. The molecule has 112 valence electrons. The van der Waals surface area contributed by atoms with Crippen LogP contribution in [0.2, 0.25) is 0 Å². The first kappa shape index (κ1) is 14.3. The summed E-state index contributed by atoms with van der Waals surface area (Å²) in [6.07, 6.45) is 1.72. The summed E-state index contributed by atoms with van der Waals surface area (Å²) in [5.41, 5.74) is 6.36.